The minimum absolute atomic E-state index is 0.256. The molecule has 3 heterocycles. The molecule has 0 radical (unpaired) electrons. The highest BCUT2D eigenvalue weighted by molar-refractivity contribution is 6.30. The van der Waals surface area contributed by atoms with Gasteiger partial charge in [0.15, 0.2) is 5.82 Å². The quantitative estimate of drug-likeness (QED) is 0.334. The maximum absolute atomic E-state index is 6.19. The van der Waals surface area contributed by atoms with Crippen molar-refractivity contribution in [1.82, 2.24) is 24.6 Å². The first-order valence-corrected chi connectivity index (χ1v) is 13.6. The standard InChI is InChI=1S/C30H33ClN6/c1-23-32-33-29-22-36(27-10-5-6-11-28(27)37(23)29)17-7-16-34-18-20-35(21-19-34)30(24-8-3-2-4-9-24)25-12-14-26(31)15-13-25/h2-6,8-15,30H,7,16-22H2,1H3. The Balaban J connectivity index is 1.07. The molecule has 3 aromatic carbocycles. The molecule has 6 rings (SSSR count). The fraction of sp³-hybridized carbons (Fsp3) is 0.333. The van der Waals surface area contributed by atoms with Gasteiger partial charge >= 0.3 is 0 Å². The number of anilines is 1. The second kappa shape index (κ2) is 10.7. The lowest BCUT2D eigenvalue weighted by atomic mass is 9.96. The topological polar surface area (TPSA) is 40.4 Å². The van der Waals surface area contributed by atoms with Gasteiger partial charge in [-0.15, -0.1) is 10.2 Å². The van der Waals surface area contributed by atoms with E-state index in [-0.39, 0.29) is 6.04 Å². The maximum atomic E-state index is 6.19. The van der Waals surface area contributed by atoms with Crippen LogP contribution < -0.4 is 4.90 Å². The van der Waals surface area contributed by atoms with Crippen molar-refractivity contribution in [3.8, 4) is 5.69 Å². The first kappa shape index (κ1) is 24.2. The molecule has 0 amide bonds. The molecular weight excluding hydrogens is 480 g/mol. The normalized spacial score (nSPS) is 16.9. The number of hydrogen-bond donors (Lipinski definition) is 0. The van der Waals surface area contributed by atoms with Gasteiger partial charge in [-0.2, -0.15) is 0 Å². The van der Waals surface area contributed by atoms with E-state index in [4.69, 9.17) is 11.6 Å². The highest BCUT2D eigenvalue weighted by Crippen LogP contribution is 2.33. The van der Waals surface area contributed by atoms with Crippen LogP contribution in [-0.4, -0.2) is 63.8 Å². The molecule has 2 aliphatic heterocycles. The van der Waals surface area contributed by atoms with E-state index in [9.17, 15) is 0 Å². The summed E-state index contributed by atoms with van der Waals surface area (Å²) in [7, 11) is 0. The molecule has 190 valence electrons. The summed E-state index contributed by atoms with van der Waals surface area (Å²) in [6.45, 7) is 9.23. The Morgan fingerprint density at radius 1 is 0.757 bits per heavy atom. The van der Waals surface area contributed by atoms with Gasteiger partial charge in [-0.05, 0) is 55.3 Å². The highest BCUT2D eigenvalue weighted by atomic mass is 35.5. The smallest absolute Gasteiger partial charge is 0.157 e. The predicted molar refractivity (Wildman–Crippen MR) is 150 cm³/mol. The third kappa shape index (κ3) is 5.01. The van der Waals surface area contributed by atoms with Gasteiger partial charge < -0.3 is 9.80 Å². The van der Waals surface area contributed by atoms with Crippen LogP contribution in [0.2, 0.25) is 5.02 Å². The molecule has 1 aromatic heterocycles. The molecule has 7 heteroatoms. The summed E-state index contributed by atoms with van der Waals surface area (Å²) in [4.78, 5) is 7.69. The van der Waals surface area contributed by atoms with Crippen molar-refractivity contribution >= 4 is 17.3 Å². The van der Waals surface area contributed by atoms with E-state index in [1.807, 2.05) is 19.1 Å². The van der Waals surface area contributed by atoms with E-state index < -0.39 is 0 Å². The molecule has 1 saturated heterocycles. The summed E-state index contributed by atoms with van der Waals surface area (Å²) in [6.07, 6.45) is 1.13. The molecule has 0 spiro atoms. The molecule has 37 heavy (non-hydrogen) atoms. The lowest BCUT2D eigenvalue weighted by Crippen LogP contribution is -2.48. The zero-order valence-corrected chi connectivity index (χ0v) is 22.1. The van der Waals surface area contributed by atoms with Crippen molar-refractivity contribution in [2.24, 2.45) is 0 Å². The lowest BCUT2D eigenvalue weighted by Gasteiger charge is -2.40. The van der Waals surface area contributed by atoms with E-state index in [1.54, 1.807) is 0 Å². The number of piperazine rings is 1. The molecule has 0 bridgehead atoms. The molecule has 6 nitrogen and oxygen atoms in total. The van der Waals surface area contributed by atoms with E-state index in [1.165, 1.54) is 22.5 Å². The molecular formula is C30H33ClN6. The van der Waals surface area contributed by atoms with E-state index >= 15 is 0 Å². The third-order valence-corrected chi connectivity index (χ3v) is 7.91. The number of aromatic nitrogens is 3. The summed E-state index contributed by atoms with van der Waals surface area (Å²) in [5.41, 5.74) is 5.10. The number of rotatable bonds is 7. The predicted octanol–water partition coefficient (Wildman–Crippen LogP) is 5.35. The van der Waals surface area contributed by atoms with Crippen LogP contribution in [-0.2, 0) is 6.54 Å². The van der Waals surface area contributed by atoms with E-state index in [0.717, 1.165) is 68.9 Å². The number of para-hydroxylation sites is 2. The van der Waals surface area contributed by atoms with Gasteiger partial charge in [0.25, 0.3) is 0 Å². The average Bonchev–Trinajstić information content (AvgIpc) is 3.32. The van der Waals surface area contributed by atoms with Crippen LogP contribution >= 0.6 is 11.6 Å². The van der Waals surface area contributed by atoms with Crippen LogP contribution in [0.25, 0.3) is 5.69 Å². The van der Waals surface area contributed by atoms with Gasteiger partial charge in [0, 0.05) is 37.7 Å². The molecule has 2 aliphatic rings. The van der Waals surface area contributed by atoms with Crippen LogP contribution in [0.15, 0.2) is 78.9 Å². The van der Waals surface area contributed by atoms with Gasteiger partial charge in [0.1, 0.15) is 5.82 Å². The van der Waals surface area contributed by atoms with Crippen molar-refractivity contribution in [3.63, 3.8) is 0 Å². The van der Waals surface area contributed by atoms with Crippen LogP contribution in [0.4, 0.5) is 5.69 Å². The minimum Gasteiger partial charge on any atom is -0.362 e. The molecule has 1 unspecified atom stereocenters. The molecule has 0 saturated carbocycles. The number of hydrogen-bond acceptors (Lipinski definition) is 5. The van der Waals surface area contributed by atoms with Crippen LogP contribution in [0, 0.1) is 6.92 Å². The second-order valence-electron chi connectivity index (χ2n) is 10.0. The van der Waals surface area contributed by atoms with Crippen LogP contribution in [0.3, 0.4) is 0 Å². The Morgan fingerprint density at radius 2 is 1.43 bits per heavy atom. The van der Waals surface area contributed by atoms with E-state index in [2.05, 4.69) is 96.2 Å². The Kier molecular flexibility index (Phi) is 6.96. The minimum atomic E-state index is 0.256. The molecule has 1 atom stereocenters. The van der Waals surface area contributed by atoms with Crippen molar-refractivity contribution in [3.05, 3.63) is 107 Å². The number of benzene rings is 3. The van der Waals surface area contributed by atoms with Crippen LogP contribution in [0.5, 0.6) is 0 Å². The number of fused-ring (bicyclic) bond motifs is 3. The third-order valence-electron chi connectivity index (χ3n) is 7.66. The second-order valence-corrected chi connectivity index (χ2v) is 10.4. The number of aryl methyl sites for hydroxylation is 1. The van der Waals surface area contributed by atoms with Gasteiger partial charge in [-0.3, -0.25) is 9.47 Å². The van der Waals surface area contributed by atoms with Gasteiger partial charge in [0.2, 0.25) is 0 Å². The zero-order chi connectivity index (χ0) is 25.2. The van der Waals surface area contributed by atoms with Gasteiger partial charge in [0.05, 0.1) is 24.0 Å². The summed E-state index contributed by atoms with van der Waals surface area (Å²) in [5, 5.41) is 9.54. The lowest BCUT2D eigenvalue weighted by molar-refractivity contribution is 0.109. The summed E-state index contributed by atoms with van der Waals surface area (Å²) in [5.74, 6) is 1.98. The summed E-state index contributed by atoms with van der Waals surface area (Å²) < 4.78 is 2.19. The largest absolute Gasteiger partial charge is 0.362 e. The summed E-state index contributed by atoms with van der Waals surface area (Å²) in [6, 6.07) is 28.1. The first-order valence-electron chi connectivity index (χ1n) is 13.2. The Hall–Kier alpha value is -3.19. The molecule has 4 aromatic rings. The Labute approximate surface area is 224 Å². The summed E-state index contributed by atoms with van der Waals surface area (Å²) >= 11 is 6.19. The van der Waals surface area contributed by atoms with Crippen LogP contribution in [0.1, 0.15) is 35.2 Å². The fourth-order valence-corrected chi connectivity index (χ4v) is 5.95. The number of halogens is 1. The SMILES string of the molecule is Cc1nnc2n1-c1ccccc1N(CCCN1CCN(C(c3ccccc3)c3ccc(Cl)cc3)CC1)C2. The monoisotopic (exact) mass is 512 g/mol. The fourth-order valence-electron chi connectivity index (χ4n) is 5.82. The molecule has 0 aliphatic carbocycles. The number of nitrogens with zero attached hydrogens (tertiary/aromatic N) is 6. The Morgan fingerprint density at radius 3 is 2.19 bits per heavy atom. The van der Waals surface area contributed by atoms with Gasteiger partial charge in [-0.1, -0.05) is 66.2 Å². The van der Waals surface area contributed by atoms with Gasteiger partial charge in [-0.25, -0.2) is 0 Å². The van der Waals surface area contributed by atoms with E-state index in [0.29, 0.717) is 0 Å². The highest BCUT2D eigenvalue weighted by Gasteiger charge is 2.27. The molecule has 0 N–H and O–H groups in total. The van der Waals surface area contributed by atoms with Crippen molar-refractivity contribution in [2.75, 3.05) is 44.2 Å². The maximum Gasteiger partial charge on any atom is 0.157 e. The zero-order valence-electron chi connectivity index (χ0n) is 21.3. The van der Waals surface area contributed by atoms with Crippen molar-refractivity contribution < 1.29 is 0 Å². The molecule has 1 fully saturated rings. The average molecular weight is 513 g/mol. The Bertz CT molecular complexity index is 1330. The first-order chi connectivity index (χ1) is 18.2. The van der Waals surface area contributed by atoms with Crippen molar-refractivity contribution in [1.29, 1.82) is 0 Å². The van der Waals surface area contributed by atoms with Crippen molar-refractivity contribution in [2.45, 2.75) is 25.9 Å².